The van der Waals surface area contributed by atoms with E-state index >= 15 is 0 Å². The van der Waals surface area contributed by atoms with Gasteiger partial charge in [-0.15, -0.1) is 0 Å². The van der Waals surface area contributed by atoms with Crippen molar-refractivity contribution in [1.29, 1.82) is 0 Å². The van der Waals surface area contributed by atoms with Crippen molar-refractivity contribution < 1.29 is 14.4 Å². The lowest BCUT2D eigenvalue weighted by molar-refractivity contribution is 0.397. The first kappa shape index (κ1) is 12.8. The Morgan fingerprint density at radius 1 is 1.27 bits per heavy atom. The van der Waals surface area contributed by atoms with Gasteiger partial charge in [0.2, 0.25) is 0 Å². The quantitative estimate of drug-likeness (QED) is 0.802. The van der Waals surface area contributed by atoms with Gasteiger partial charge in [0.25, 0.3) is 0 Å². The van der Waals surface area contributed by atoms with Crippen molar-refractivity contribution in [3.05, 3.63) is 29.3 Å². The van der Waals surface area contributed by atoms with E-state index in [1.807, 2.05) is 19.1 Å². The van der Waals surface area contributed by atoms with E-state index in [4.69, 9.17) is 9.79 Å². The van der Waals surface area contributed by atoms with Crippen LogP contribution in [0.3, 0.4) is 0 Å². The van der Waals surface area contributed by atoms with Crippen LogP contribution in [0.5, 0.6) is 0 Å². The van der Waals surface area contributed by atoms with E-state index in [-0.39, 0.29) is 0 Å². The Bertz CT molecular complexity index is 386. The maximum absolute atomic E-state index is 10.9. The summed E-state index contributed by atoms with van der Waals surface area (Å²) in [5.41, 5.74) is 2.20. The lowest BCUT2D eigenvalue weighted by atomic mass is 10.1. The molecule has 0 radical (unpaired) electrons. The first-order chi connectivity index (χ1) is 6.96. The van der Waals surface area contributed by atoms with Gasteiger partial charge in [0.15, 0.2) is 0 Å². The molecule has 84 valence electrons. The van der Waals surface area contributed by atoms with Gasteiger partial charge in [-0.2, -0.15) is 0 Å². The summed E-state index contributed by atoms with van der Waals surface area (Å²) in [4.78, 5) is 18.5. The molecular formula is C10H15O3PS. The SMILES string of the molecule is CCc1ccc(SP(=O)(O)O)c(CC)c1. The molecule has 0 aliphatic heterocycles. The number of hydrogen-bond acceptors (Lipinski definition) is 2. The van der Waals surface area contributed by atoms with Gasteiger partial charge in [0.05, 0.1) is 0 Å². The molecule has 0 spiro atoms. The molecule has 0 heterocycles. The summed E-state index contributed by atoms with van der Waals surface area (Å²) in [6.45, 7) is 0.0101. The van der Waals surface area contributed by atoms with Crippen LogP contribution in [0.1, 0.15) is 25.0 Å². The Morgan fingerprint density at radius 2 is 1.93 bits per heavy atom. The second-order valence-electron chi connectivity index (χ2n) is 3.23. The maximum atomic E-state index is 10.9. The van der Waals surface area contributed by atoms with Gasteiger partial charge < -0.3 is 9.79 Å². The van der Waals surface area contributed by atoms with Gasteiger partial charge in [-0.1, -0.05) is 26.0 Å². The van der Waals surface area contributed by atoms with Gasteiger partial charge in [-0.3, -0.25) is 0 Å². The van der Waals surface area contributed by atoms with Crippen molar-refractivity contribution in [2.45, 2.75) is 31.6 Å². The third-order valence-electron chi connectivity index (χ3n) is 2.13. The Morgan fingerprint density at radius 3 is 2.40 bits per heavy atom. The van der Waals surface area contributed by atoms with E-state index in [2.05, 4.69) is 6.92 Å². The molecule has 0 unspecified atom stereocenters. The summed E-state index contributed by atoms with van der Waals surface area (Å²) in [6, 6.07) is 5.72. The molecule has 0 bridgehead atoms. The third kappa shape index (κ3) is 3.99. The fraction of sp³-hybridized carbons (Fsp3) is 0.400. The zero-order valence-corrected chi connectivity index (χ0v) is 10.5. The molecule has 0 aliphatic carbocycles. The van der Waals surface area contributed by atoms with Crippen molar-refractivity contribution in [3.63, 3.8) is 0 Å². The van der Waals surface area contributed by atoms with Crippen LogP contribution < -0.4 is 0 Å². The van der Waals surface area contributed by atoms with E-state index in [0.29, 0.717) is 16.3 Å². The van der Waals surface area contributed by atoms with Gasteiger partial charge >= 0.3 is 6.80 Å². The summed E-state index contributed by atoms with van der Waals surface area (Å²) in [5, 5.41) is 0. The lowest BCUT2D eigenvalue weighted by Crippen LogP contribution is -1.89. The molecule has 0 saturated heterocycles. The van der Waals surface area contributed by atoms with Crippen LogP contribution in [0.25, 0.3) is 0 Å². The summed E-state index contributed by atoms with van der Waals surface area (Å²) >= 11 is 0.638. The predicted octanol–water partition coefficient (Wildman–Crippen LogP) is 3.00. The van der Waals surface area contributed by atoms with E-state index in [1.165, 1.54) is 5.56 Å². The first-order valence-corrected chi connectivity index (χ1v) is 7.86. The summed E-state index contributed by atoms with van der Waals surface area (Å²) in [5.74, 6) is 0. The highest BCUT2D eigenvalue weighted by molar-refractivity contribution is 8.54. The van der Waals surface area contributed by atoms with Crippen molar-refractivity contribution in [1.82, 2.24) is 0 Å². The second-order valence-corrected chi connectivity index (χ2v) is 6.81. The topological polar surface area (TPSA) is 57.5 Å². The van der Waals surface area contributed by atoms with Crippen molar-refractivity contribution in [2.24, 2.45) is 0 Å². The minimum absolute atomic E-state index is 0.638. The largest absolute Gasteiger partial charge is 0.388 e. The minimum atomic E-state index is -4.03. The fourth-order valence-electron chi connectivity index (χ4n) is 1.35. The van der Waals surface area contributed by atoms with Crippen LogP contribution in [0, 0.1) is 0 Å². The highest BCUT2D eigenvalue weighted by Gasteiger charge is 2.17. The van der Waals surface area contributed by atoms with Gasteiger partial charge in [0.1, 0.15) is 0 Å². The molecule has 1 rings (SSSR count). The molecule has 1 aromatic carbocycles. The summed E-state index contributed by atoms with van der Waals surface area (Å²) in [7, 11) is 0. The number of rotatable bonds is 4. The van der Waals surface area contributed by atoms with E-state index in [0.717, 1.165) is 18.4 Å². The summed E-state index contributed by atoms with van der Waals surface area (Å²) in [6.07, 6.45) is 1.73. The van der Waals surface area contributed by atoms with Crippen molar-refractivity contribution in [3.8, 4) is 0 Å². The van der Waals surface area contributed by atoms with Crippen molar-refractivity contribution in [2.75, 3.05) is 0 Å². The second kappa shape index (κ2) is 5.17. The Labute approximate surface area is 93.8 Å². The zero-order chi connectivity index (χ0) is 11.5. The smallest absolute Gasteiger partial charge is 0.316 e. The first-order valence-electron chi connectivity index (χ1n) is 4.83. The molecule has 0 atom stereocenters. The molecule has 0 fully saturated rings. The van der Waals surface area contributed by atoms with Gasteiger partial charge in [0, 0.05) is 4.90 Å². The Balaban J connectivity index is 3.03. The van der Waals surface area contributed by atoms with Crippen LogP contribution >= 0.6 is 18.2 Å². The number of benzene rings is 1. The Hall–Kier alpha value is -0.280. The predicted molar refractivity (Wildman–Crippen MR) is 63.1 cm³/mol. The van der Waals surface area contributed by atoms with E-state index in [9.17, 15) is 4.57 Å². The van der Waals surface area contributed by atoms with Crippen molar-refractivity contribution >= 4 is 18.2 Å². The highest BCUT2D eigenvalue weighted by Crippen LogP contribution is 2.55. The standard InChI is InChI=1S/C10H15O3PS/c1-3-8-5-6-10(9(4-2)7-8)15-14(11,12)13/h5-7H,3-4H2,1-2H3,(H2,11,12,13). The molecule has 0 aliphatic rings. The molecular weight excluding hydrogens is 231 g/mol. The maximum Gasteiger partial charge on any atom is 0.388 e. The fourth-order valence-corrected chi connectivity index (χ4v) is 3.35. The zero-order valence-electron chi connectivity index (χ0n) is 8.80. The average molecular weight is 246 g/mol. The van der Waals surface area contributed by atoms with E-state index in [1.54, 1.807) is 6.07 Å². The minimum Gasteiger partial charge on any atom is -0.316 e. The molecule has 3 nitrogen and oxygen atoms in total. The molecule has 1 aromatic rings. The average Bonchev–Trinajstić information content (AvgIpc) is 2.16. The third-order valence-corrected chi connectivity index (χ3v) is 4.27. The van der Waals surface area contributed by atoms with Crippen LogP contribution in [0.15, 0.2) is 23.1 Å². The number of aryl methyl sites for hydroxylation is 2. The van der Waals surface area contributed by atoms with E-state index < -0.39 is 6.80 Å². The number of hydrogen-bond donors (Lipinski definition) is 2. The molecule has 0 aromatic heterocycles. The Kier molecular flexibility index (Phi) is 4.41. The van der Waals surface area contributed by atoms with Crippen LogP contribution in [-0.2, 0) is 17.4 Å². The van der Waals surface area contributed by atoms with Gasteiger partial charge in [-0.25, -0.2) is 4.57 Å². The summed E-state index contributed by atoms with van der Waals surface area (Å²) < 4.78 is 10.9. The van der Waals surface area contributed by atoms with Gasteiger partial charge in [-0.05, 0) is 41.4 Å². The molecule has 15 heavy (non-hydrogen) atoms. The van der Waals surface area contributed by atoms with Crippen LogP contribution in [-0.4, -0.2) is 9.79 Å². The molecule has 2 N–H and O–H groups in total. The molecule has 5 heteroatoms. The molecule has 0 saturated carbocycles. The molecule has 0 amide bonds. The highest BCUT2D eigenvalue weighted by atomic mass is 32.7. The van der Waals surface area contributed by atoms with Crippen LogP contribution in [0.2, 0.25) is 0 Å². The normalized spacial score (nSPS) is 11.7. The lowest BCUT2D eigenvalue weighted by Gasteiger charge is -2.09. The van der Waals surface area contributed by atoms with Crippen LogP contribution in [0.4, 0.5) is 0 Å². The monoisotopic (exact) mass is 246 g/mol.